The van der Waals surface area contributed by atoms with Crippen molar-refractivity contribution in [1.82, 2.24) is 5.32 Å². The quantitative estimate of drug-likeness (QED) is 0.773. The number of nitrogens with one attached hydrogen (secondary N) is 1. The number of rotatable bonds is 3. The van der Waals surface area contributed by atoms with Crippen molar-refractivity contribution in [1.29, 1.82) is 0 Å². The fourth-order valence-corrected chi connectivity index (χ4v) is 3.92. The molecule has 1 fully saturated rings. The van der Waals surface area contributed by atoms with Crippen molar-refractivity contribution in [2.45, 2.75) is 44.4 Å². The lowest BCUT2D eigenvalue weighted by Crippen LogP contribution is -2.50. The molecule has 25 heavy (non-hydrogen) atoms. The number of carbonyl (C=O) groups excluding carboxylic acids is 1. The van der Waals surface area contributed by atoms with Crippen molar-refractivity contribution in [2.24, 2.45) is 0 Å². The summed E-state index contributed by atoms with van der Waals surface area (Å²) < 4.78 is 20.6. The van der Waals surface area contributed by atoms with Crippen molar-refractivity contribution >= 4 is 21.8 Å². The maximum absolute atomic E-state index is 13.3. The first kappa shape index (κ1) is 18.1. The molecule has 1 aliphatic rings. The SMILES string of the molecule is CC(=O)N[C@]1(C)C[C@@H](c2ccc(F)cc2)O[C@@H](c2cccc(Br)c2)C1. The van der Waals surface area contributed by atoms with Crippen LogP contribution in [0.1, 0.15) is 50.0 Å². The van der Waals surface area contributed by atoms with Gasteiger partial charge in [-0.1, -0.05) is 40.2 Å². The Kier molecular flexibility index (Phi) is 5.25. The molecule has 2 aromatic rings. The van der Waals surface area contributed by atoms with Gasteiger partial charge in [-0.3, -0.25) is 4.79 Å². The molecule has 5 heteroatoms. The Hall–Kier alpha value is -1.72. The van der Waals surface area contributed by atoms with Gasteiger partial charge in [0.05, 0.1) is 12.2 Å². The Morgan fingerprint density at radius 3 is 2.40 bits per heavy atom. The summed E-state index contributed by atoms with van der Waals surface area (Å²) in [7, 11) is 0. The Bertz CT molecular complexity index is 765. The van der Waals surface area contributed by atoms with Crippen LogP contribution in [0.3, 0.4) is 0 Å². The summed E-state index contributed by atoms with van der Waals surface area (Å²) in [6, 6.07) is 14.4. The number of ether oxygens (including phenoxy) is 1. The molecular formula is C20H21BrFNO2. The summed E-state index contributed by atoms with van der Waals surface area (Å²) in [5, 5.41) is 3.08. The minimum Gasteiger partial charge on any atom is -0.365 e. The van der Waals surface area contributed by atoms with Crippen LogP contribution in [0.4, 0.5) is 4.39 Å². The molecule has 1 aliphatic heterocycles. The summed E-state index contributed by atoms with van der Waals surface area (Å²) in [4.78, 5) is 11.7. The normalized spacial score (nSPS) is 26.2. The average molecular weight is 406 g/mol. The largest absolute Gasteiger partial charge is 0.365 e. The van der Waals surface area contributed by atoms with Gasteiger partial charge in [0.25, 0.3) is 0 Å². The van der Waals surface area contributed by atoms with Gasteiger partial charge in [-0.25, -0.2) is 4.39 Å². The van der Waals surface area contributed by atoms with Crippen LogP contribution in [-0.2, 0) is 9.53 Å². The second kappa shape index (κ2) is 7.26. The molecule has 1 heterocycles. The van der Waals surface area contributed by atoms with Gasteiger partial charge in [0.1, 0.15) is 5.82 Å². The van der Waals surface area contributed by atoms with Crippen LogP contribution in [0.15, 0.2) is 53.0 Å². The first-order chi connectivity index (χ1) is 11.8. The fourth-order valence-electron chi connectivity index (χ4n) is 3.50. The van der Waals surface area contributed by atoms with Crippen LogP contribution in [0.2, 0.25) is 0 Å². The number of amides is 1. The highest BCUT2D eigenvalue weighted by molar-refractivity contribution is 9.10. The van der Waals surface area contributed by atoms with E-state index < -0.39 is 5.54 Å². The second-order valence-electron chi connectivity index (χ2n) is 6.87. The van der Waals surface area contributed by atoms with Crippen LogP contribution < -0.4 is 5.32 Å². The summed E-state index contributed by atoms with van der Waals surface area (Å²) in [5.41, 5.74) is 1.58. The predicted molar refractivity (Wildman–Crippen MR) is 98.6 cm³/mol. The van der Waals surface area contributed by atoms with E-state index in [-0.39, 0.29) is 23.9 Å². The predicted octanol–water partition coefficient (Wildman–Crippen LogP) is 5.08. The highest BCUT2D eigenvalue weighted by atomic mass is 79.9. The van der Waals surface area contributed by atoms with Gasteiger partial charge in [-0.2, -0.15) is 0 Å². The zero-order valence-electron chi connectivity index (χ0n) is 14.3. The molecule has 0 saturated carbocycles. The molecule has 0 spiro atoms. The molecule has 0 radical (unpaired) electrons. The molecule has 1 saturated heterocycles. The Morgan fingerprint density at radius 2 is 1.80 bits per heavy atom. The van der Waals surface area contributed by atoms with E-state index in [1.54, 1.807) is 12.1 Å². The van der Waals surface area contributed by atoms with Gasteiger partial charge >= 0.3 is 0 Å². The first-order valence-corrected chi connectivity index (χ1v) is 9.09. The van der Waals surface area contributed by atoms with Gasteiger partial charge in [0.2, 0.25) is 5.91 Å². The fraction of sp³-hybridized carbons (Fsp3) is 0.350. The maximum atomic E-state index is 13.3. The molecule has 0 bridgehead atoms. The average Bonchev–Trinajstić information content (AvgIpc) is 2.54. The van der Waals surface area contributed by atoms with Gasteiger partial charge < -0.3 is 10.1 Å². The van der Waals surface area contributed by atoms with E-state index in [1.165, 1.54) is 19.1 Å². The van der Waals surface area contributed by atoms with E-state index in [4.69, 9.17) is 4.74 Å². The van der Waals surface area contributed by atoms with Gasteiger partial charge in [-0.15, -0.1) is 0 Å². The lowest BCUT2D eigenvalue weighted by molar-refractivity contribution is -0.126. The molecular weight excluding hydrogens is 385 g/mol. The molecule has 1 N–H and O–H groups in total. The van der Waals surface area contributed by atoms with Crippen LogP contribution in [-0.4, -0.2) is 11.4 Å². The van der Waals surface area contributed by atoms with E-state index in [2.05, 4.69) is 21.2 Å². The first-order valence-electron chi connectivity index (χ1n) is 8.30. The lowest BCUT2D eigenvalue weighted by atomic mass is 9.81. The molecule has 3 rings (SSSR count). The number of carbonyl (C=O) groups is 1. The molecule has 132 valence electrons. The minimum absolute atomic E-state index is 0.0600. The minimum atomic E-state index is -0.393. The van der Waals surface area contributed by atoms with E-state index in [0.29, 0.717) is 12.8 Å². The standard InChI is InChI=1S/C20H21BrFNO2/c1-13(24)23-20(2)11-18(14-6-8-17(22)9-7-14)25-19(12-20)15-4-3-5-16(21)10-15/h3-10,18-19H,11-12H2,1-2H3,(H,23,24)/t18-,19+,20+/m0/s1. The number of hydrogen-bond acceptors (Lipinski definition) is 2. The Labute approximate surface area is 155 Å². The molecule has 2 aromatic carbocycles. The third-order valence-electron chi connectivity index (χ3n) is 4.54. The highest BCUT2D eigenvalue weighted by Crippen LogP contribution is 2.43. The zero-order chi connectivity index (χ0) is 18.0. The summed E-state index contributed by atoms with van der Waals surface area (Å²) in [6.07, 6.45) is 0.956. The summed E-state index contributed by atoms with van der Waals surface area (Å²) in [5.74, 6) is -0.331. The molecule has 3 nitrogen and oxygen atoms in total. The topological polar surface area (TPSA) is 38.3 Å². The lowest BCUT2D eigenvalue weighted by Gasteiger charge is -2.43. The third-order valence-corrected chi connectivity index (χ3v) is 5.03. The van der Waals surface area contributed by atoms with E-state index in [9.17, 15) is 9.18 Å². The van der Waals surface area contributed by atoms with Crippen molar-refractivity contribution in [2.75, 3.05) is 0 Å². The van der Waals surface area contributed by atoms with Crippen LogP contribution >= 0.6 is 15.9 Å². The zero-order valence-corrected chi connectivity index (χ0v) is 15.8. The molecule has 3 atom stereocenters. The number of halogens is 2. The van der Waals surface area contributed by atoms with E-state index in [1.807, 2.05) is 31.2 Å². The van der Waals surface area contributed by atoms with E-state index in [0.717, 1.165) is 15.6 Å². The van der Waals surface area contributed by atoms with Crippen LogP contribution in [0.5, 0.6) is 0 Å². The van der Waals surface area contributed by atoms with Crippen molar-refractivity contribution < 1.29 is 13.9 Å². The summed E-state index contributed by atoms with van der Waals surface area (Å²) >= 11 is 3.50. The monoisotopic (exact) mass is 405 g/mol. The van der Waals surface area contributed by atoms with Crippen molar-refractivity contribution in [3.05, 3.63) is 69.9 Å². The van der Waals surface area contributed by atoms with Crippen molar-refractivity contribution in [3.8, 4) is 0 Å². The van der Waals surface area contributed by atoms with Crippen LogP contribution in [0.25, 0.3) is 0 Å². The van der Waals surface area contributed by atoms with E-state index >= 15 is 0 Å². The maximum Gasteiger partial charge on any atom is 0.217 e. The Morgan fingerprint density at radius 1 is 1.16 bits per heavy atom. The van der Waals surface area contributed by atoms with Crippen molar-refractivity contribution in [3.63, 3.8) is 0 Å². The Balaban J connectivity index is 1.93. The third kappa shape index (κ3) is 4.47. The van der Waals surface area contributed by atoms with Gasteiger partial charge in [-0.05, 0) is 42.3 Å². The van der Waals surface area contributed by atoms with Crippen LogP contribution in [0, 0.1) is 5.82 Å². The molecule has 0 aromatic heterocycles. The molecule has 0 unspecified atom stereocenters. The van der Waals surface area contributed by atoms with Gasteiger partial charge in [0, 0.05) is 29.8 Å². The summed E-state index contributed by atoms with van der Waals surface area (Å²) in [6.45, 7) is 3.57. The smallest absolute Gasteiger partial charge is 0.217 e. The molecule has 0 aliphatic carbocycles. The number of benzene rings is 2. The molecule has 1 amide bonds. The van der Waals surface area contributed by atoms with Gasteiger partial charge in [0.15, 0.2) is 0 Å². The number of hydrogen-bond donors (Lipinski definition) is 1. The second-order valence-corrected chi connectivity index (χ2v) is 7.79. The highest BCUT2D eigenvalue weighted by Gasteiger charge is 2.39.